The summed E-state index contributed by atoms with van der Waals surface area (Å²) in [6, 6.07) is 0.0830. The van der Waals surface area contributed by atoms with Crippen molar-refractivity contribution in [1.29, 1.82) is 0 Å². The number of rotatable bonds is 7. The monoisotopic (exact) mass is 384 g/mol. The zero-order chi connectivity index (χ0) is 19.3. The molecular weight excluding hydrogens is 360 g/mol. The van der Waals surface area contributed by atoms with Crippen molar-refractivity contribution >= 4 is 16.9 Å². The van der Waals surface area contributed by atoms with Gasteiger partial charge in [0.2, 0.25) is 11.8 Å². The third kappa shape index (κ3) is 4.05. The number of methoxy groups -OCH3 is 1. The van der Waals surface area contributed by atoms with Gasteiger partial charge < -0.3 is 19.5 Å². The second-order valence-corrected chi connectivity index (χ2v) is 6.85. The van der Waals surface area contributed by atoms with Crippen molar-refractivity contribution in [2.24, 2.45) is 0 Å². The smallest absolute Gasteiger partial charge is 0.224 e. The Morgan fingerprint density at radius 1 is 1.25 bits per heavy atom. The van der Waals surface area contributed by atoms with E-state index in [0.29, 0.717) is 31.6 Å². The molecule has 2 N–H and O–H groups in total. The van der Waals surface area contributed by atoms with E-state index in [1.165, 1.54) is 0 Å². The maximum absolute atomic E-state index is 6.17. The van der Waals surface area contributed by atoms with Crippen molar-refractivity contribution < 1.29 is 14.2 Å². The number of fused-ring (bicyclic) bond motifs is 1. The van der Waals surface area contributed by atoms with E-state index in [2.05, 4.69) is 25.5 Å². The zero-order valence-electron chi connectivity index (χ0n) is 16.0. The maximum Gasteiger partial charge on any atom is 0.224 e. The number of aromatic amines is 1. The lowest BCUT2D eigenvalue weighted by molar-refractivity contribution is 0.0244. The van der Waals surface area contributed by atoms with Crippen LogP contribution in [0.25, 0.3) is 22.0 Å². The van der Waals surface area contributed by atoms with Crippen LogP contribution in [0.4, 0.5) is 5.95 Å². The van der Waals surface area contributed by atoms with Crippen LogP contribution in [0.15, 0.2) is 24.8 Å². The van der Waals surface area contributed by atoms with Crippen molar-refractivity contribution in [1.82, 2.24) is 25.1 Å². The molecule has 0 saturated carbocycles. The molecule has 148 valence electrons. The topological polar surface area (TPSA) is 107 Å². The van der Waals surface area contributed by atoms with Crippen LogP contribution in [0.3, 0.4) is 0 Å². The van der Waals surface area contributed by atoms with E-state index in [-0.39, 0.29) is 12.1 Å². The van der Waals surface area contributed by atoms with Gasteiger partial charge in [0.05, 0.1) is 36.9 Å². The fourth-order valence-electron chi connectivity index (χ4n) is 3.23. The highest BCUT2D eigenvalue weighted by Gasteiger charge is 2.20. The normalized spacial score (nSPS) is 16.2. The first-order valence-corrected chi connectivity index (χ1v) is 9.39. The molecule has 1 atom stereocenters. The predicted molar refractivity (Wildman–Crippen MR) is 104 cm³/mol. The molecule has 0 aromatic carbocycles. The third-order valence-corrected chi connectivity index (χ3v) is 4.63. The Labute approximate surface area is 162 Å². The average Bonchev–Trinajstić information content (AvgIpc) is 3.23. The number of H-pyrrole nitrogens is 1. The fraction of sp³-hybridized carbons (Fsp3) is 0.474. The minimum atomic E-state index is 0.0830. The number of hydrogen-bond acceptors (Lipinski definition) is 8. The summed E-state index contributed by atoms with van der Waals surface area (Å²) in [6.45, 7) is 3.99. The molecule has 3 aromatic heterocycles. The highest BCUT2D eigenvalue weighted by Crippen LogP contribution is 2.32. The molecule has 0 spiro atoms. The lowest BCUT2D eigenvalue weighted by Crippen LogP contribution is -2.26. The molecule has 0 unspecified atom stereocenters. The minimum absolute atomic E-state index is 0.0830. The number of nitrogens with zero attached hydrogens (tertiary/aromatic N) is 4. The number of aromatic nitrogens is 5. The fourth-order valence-corrected chi connectivity index (χ4v) is 3.23. The first-order chi connectivity index (χ1) is 13.7. The molecule has 1 saturated heterocycles. The summed E-state index contributed by atoms with van der Waals surface area (Å²) >= 11 is 0. The number of anilines is 1. The van der Waals surface area contributed by atoms with Gasteiger partial charge >= 0.3 is 0 Å². The third-order valence-electron chi connectivity index (χ3n) is 4.63. The summed E-state index contributed by atoms with van der Waals surface area (Å²) in [6.07, 6.45) is 8.88. The number of hydrogen-bond donors (Lipinski definition) is 2. The molecule has 0 radical (unpaired) electrons. The van der Waals surface area contributed by atoms with Crippen LogP contribution in [0.1, 0.15) is 19.8 Å². The molecule has 28 heavy (non-hydrogen) atoms. The molecule has 1 aliphatic heterocycles. The summed E-state index contributed by atoms with van der Waals surface area (Å²) in [5.41, 5.74) is 2.54. The van der Waals surface area contributed by atoms with Crippen LogP contribution in [0.5, 0.6) is 5.88 Å². The Bertz CT molecular complexity index is 911. The Balaban J connectivity index is 1.72. The molecular formula is C19H24N6O3. The van der Waals surface area contributed by atoms with E-state index < -0.39 is 0 Å². The van der Waals surface area contributed by atoms with E-state index in [4.69, 9.17) is 19.2 Å². The SMILES string of the molecule is COC[C@H](C)Nc1ncc2c(OC3CCOCC3)ncc(-c3cn[nH]c3)c2n1. The van der Waals surface area contributed by atoms with Crippen molar-refractivity contribution in [2.45, 2.75) is 31.9 Å². The van der Waals surface area contributed by atoms with Crippen molar-refractivity contribution in [3.05, 3.63) is 24.8 Å². The van der Waals surface area contributed by atoms with E-state index in [0.717, 1.165) is 34.9 Å². The molecule has 0 amide bonds. The van der Waals surface area contributed by atoms with E-state index in [9.17, 15) is 0 Å². The van der Waals surface area contributed by atoms with Crippen LogP contribution in [0, 0.1) is 0 Å². The predicted octanol–water partition coefficient (Wildman–Crippen LogP) is 2.42. The van der Waals surface area contributed by atoms with Crippen molar-refractivity contribution in [3.63, 3.8) is 0 Å². The molecule has 4 rings (SSSR count). The summed E-state index contributed by atoms with van der Waals surface area (Å²) in [4.78, 5) is 13.8. The van der Waals surface area contributed by atoms with Crippen LogP contribution < -0.4 is 10.1 Å². The van der Waals surface area contributed by atoms with Crippen molar-refractivity contribution in [3.8, 4) is 17.0 Å². The lowest BCUT2D eigenvalue weighted by atomic mass is 10.1. The van der Waals surface area contributed by atoms with Gasteiger partial charge in [0.15, 0.2) is 0 Å². The Hall–Kier alpha value is -2.78. The number of pyridine rings is 1. The molecule has 9 nitrogen and oxygen atoms in total. The summed E-state index contributed by atoms with van der Waals surface area (Å²) in [5, 5.41) is 10.9. The van der Waals surface area contributed by atoms with Gasteiger partial charge in [-0.15, -0.1) is 0 Å². The van der Waals surface area contributed by atoms with E-state index in [1.807, 2.05) is 13.1 Å². The zero-order valence-corrected chi connectivity index (χ0v) is 16.0. The quantitative estimate of drug-likeness (QED) is 0.640. The van der Waals surface area contributed by atoms with Gasteiger partial charge in [-0.05, 0) is 6.92 Å². The van der Waals surface area contributed by atoms with Crippen LogP contribution in [0.2, 0.25) is 0 Å². The van der Waals surface area contributed by atoms with E-state index >= 15 is 0 Å². The van der Waals surface area contributed by atoms with Crippen LogP contribution >= 0.6 is 0 Å². The van der Waals surface area contributed by atoms with Gasteiger partial charge in [-0.25, -0.2) is 15.0 Å². The highest BCUT2D eigenvalue weighted by atomic mass is 16.5. The van der Waals surface area contributed by atoms with Gasteiger partial charge in [0.25, 0.3) is 0 Å². The molecule has 0 aliphatic carbocycles. The van der Waals surface area contributed by atoms with Crippen LogP contribution in [-0.2, 0) is 9.47 Å². The molecule has 1 fully saturated rings. The standard InChI is InChI=1S/C19H24N6O3/c1-12(11-26-2)24-19-21-10-16-17(25-19)15(13-7-22-23-8-13)9-20-18(16)28-14-3-5-27-6-4-14/h7-10,12,14H,3-6,11H2,1-2H3,(H,22,23)(H,21,24,25)/t12-/m0/s1. The van der Waals surface area contributed by atoms with Crippen LogP contribution in [-0.4, -0.2) is 64.2 Å². The highest BCUT2D eigenvalue weighted by molar-refractivity contribution is 5.95. The molecule has 9 heteroatoms. The Kier molecular flexibility index (Phi) is 5.63. The second kappa shape index (κ2) is 8.49. The Morgan fingerprint density at radius 3 is 2.86 bits per heavy atom. The number of nitrogens with one attached hydrogen (secondary N) is 2. The Morgan fingerprint density at radius 2 is 2.11 bits per heavy atom. The molecule has 4 heterocycles. The van der Waals surface area contributed by atoms with Gasteiger partial charge in [-0.3, -0.25) is 5.10 Å². The van der Waals surface area contributed by atoms with Gasteiger partial charge in [-0.2, -0.15) is 5.10 Å². The number of ether oxygens (including phenoxy) is 3. The van der Waals surface area contributed by atoms with Crippen molar-refractivity contribution in [2.75, 3.05) is 32.2 Å². The summed E-state index contributed by atoms with van der Waals surface area (Å²) in [7, 11) is 1.67. The second-order valence-electron chi connectivity index (χ2n) is 6.85. The maximum atomic E-state index is 6.17. The summed E-state index contributed by atoms with van der Waals surface area (Å²) < 4.78 is 16.8. The first kappa shape index (κ1) is 18.6. The average molecular weight is 384 g/mol. The van der Waals surface area contributed by atoms with Gasteiger partial charge in [0.1, 0.15) is 6.10 Å². The largest absolute Gasteiger partial charge is 0.474 e. The molecule has 1 aliphatic rings. The summed E-state index contributed by atoms with van der Waals surface area (Å²) in [5.74, 6) is 1.08. The first-order valence-electron chi connectivity index (χ1n) is 9.39. The van der Waals surface area contributed by atoms with Gasteiger partial charge in [0, 0.05) is 55.7 Å². The van der Waals surface area contributed by atoms with Gasteiger partial charge in [-0.1, -0.05) is 0 Å². The van der Waals surface area contributed by atoms with E-state index in [1.54, 1.807) is 25.7 Å². The lowest BCUT2D eigenvalue weighted by Gasteiger charge is -2.23. The minimum Gasteiger partial charge on any atom is -0.474 e. The molecule has 3 aromatic rings. The molecule has 0 bridgehead atoms.